The predicted molar refractivity (Wildman–Crippen MR) is 127 cm³/mol. The van der Waals surface area contributed by atoms with E-state index in [9.17, 15) is 14.9 Å². The number of hydrogen-bond donors (Lipinski definition) is 1. The number of non-ortho nitro benzene ring substituents is 1. The highest BCUT2D eigenvalue weighted by Gasteiger charge is 2.28. The Balaban J connectivity index is 1.41. The molecule has 0 fully saturated rings. The molecule has 2 aromatic carbocycles. The fourth-order valence-electron chi connectivity index (χ4n) is 3.28. The maximum absolute atomic E-state index is 12.5. The number of carbonyl (C=O) groups excluding carboxylic acids is 1. The van der Waals surface area contributed by atoms with Gasteiger partial charge in [0.2, 0.25) is 6.10 Å². The molecule has 1 aliphatic heterocycles. The fourth-order valence-corrected chi connectivity index (χ4v) is 3.49. The average molecular weight is 484 g/mol. The van der Waals surface area contributed by atoms with E-state index in [2.05, 4.69) is 31.3 Å². The first kappa shape index (κ1) is 23.3. The second kappa shape index (κ2) is 9.18. The van der Waals surface area contributed by atoms with Crippen LogP contribution in [0.25, 0.3) is 11.3 Å². The van der Waals surface area contributed by atoms with E-state index in [1.54, 1.807) is 12.1 Å². The molecular formula is C24H22ClN3O6. The molecule has 3 aromatic rings. The van der Waals surface area contributed by atoms with Crippen LogP contribution in [0.1, 0.15) is 32.1 Å². The molecule has 9 nitrogen and oxygen atoms in total. The SMILES string of the molecule is CC(C)(C)c1ccc2c(c1)O[C@@H](C(=O)N/N=C/c1ccc(-c3cc([N+](=O)[O-])ccc3Cl)o1)CO2. The number of amides is 1. The summed E-state index contributed by atoms with van der Waals surface area (Å²) < 4.78 is 17.1. The van der Waals surface area contributed by atoms with Crippen LogP contribution in [0.15, 0.2) is 58.0 Å². The van der Waals surface area contributed by atoms with E-state index in [1.807, 2.05) is 18.2 Å². The van der Waals surface area contributed by atoms with Crippen LogP contribution < -0.4 is 14.9 Å². The summed E-state index contributed by atoms with van der Waals surface area (Å²) in [5.41, 5.74) is 3.67. The number of nitrogens with zero attached hydrogens (tertiary/aromatic N) is 2. The standard InChI is InChI=1S/C24H22ClN3O6/c1-24(2,3)14-4-8-20-21(10-14)34-22(13-32-20)23(29)27-26-12-16-6-9-19(33-16)17-11-15(28(30)31)5-7-18(17)25/h4-12,22H,13H2,1-3H3,(H,27,29)/b26-12+/t22-/m1/s1. The van der Waals surface area contributed by atoms with Crippen LogP contribution in [0.5, 0.6) is 11.5 Å². The summed E-state index contributed by atoms with van der Waals surface area (Å²) in [6.45, 7) is 6.32. The van der Waals surface area contributed by atoms with E-state index in [-0.39, 0.29) is 17.7 Å². The van der Waals surface area contributed by atoms with E-state index < -0.39 is 16.9 Å². The second-order valence-corrected chi connectivity index (χ2v) is 9.09. The molecule has 1 atom stereocenters. The van der Waals surface area contributed by atoms with Gasteiger partial charge >= 0.3 is 0 Å². The highest BCUT2D eigenvalue weighted by atomic mass is 35.5. The Morgan fingerprint density at radius 3 is 2.71 bits per heavy atom. The van der Waals surface area contributed by atoms with Gasteiger partial charge in [-0.1, -0.05) is 38.4 Å². The van der Waals surface area contributed by atoms with Crippen LogP contribution in [0.2, 0.25) is 5.02 Å². The van der Waals surface area contributed by atoms with Gasteiger partial charge in [0.1, 0.15) is 18.1 Å². The molecule has 176 valence electrons. The number of benzene rings is 2. The Labute approximate surface area is 200 Å². The van der Waals surface area contributed by atoms with Crippen molar-refractivity contribution in [3.63, 3.8) is 0 Å². The number of hydrogen-bond acceptors (Lipinski definition) is 7. The normalized spacial score (nSPS) is 15.4. The first-order valence-corrected chi connectivity index (χ1v) is 10.8. The molecule has 34 heavy (non-hydrogen) atoms. The fraction of sp³-hybridized carbons (Fsp3) is 0.250. The van der Waals surface area contributed by atoms with Crippen LogP contribution in [-0.2, 0) is 10.2 Å². The number of nitro benzene ring substituents is 1. The molecule has 4 rings (SSSR count). The summed E-state index contributed by atoms with van der Waals surface area (Å²) in [4.78, 5) is 23.0. The summed E-state index contributed by atoms with van der Waals surface area (Å²) in [6, 6.07) is 13.0. The second-order valence-electron chi connectivity index (χ2n) is 8.69. The van der Waals surface area contributed by atoms with Crippen molar-refractivity contribution in [2.45, 2.75) is 32.3 Å². The largest absolute Gasteiger partial charge is 0.485 e. The zero-order chi connectivity index (χ0) is 24.5. The minimum Gasteiger partial charge on any atom is -0.485 e. The van der Waals surface area contributed by atoms with E-state index in [4.69, 9.17) is 25.5 Å². The third-order valence-corrected chi connectivity index (χ3v) is 5.51. The molecule has 2 heterocycles. The van der Waals surface area contributed by atoms with Gasteiger partial charge in [-0.15, -0.1) is 0 Å². The Hall–Kier alpha value is -3.85. The number of furan rings is 1. The summed E-state index contributed by atoms with van der Waals surface area (Å²) in [5.74, 6) is 1.27. The van der Waals surface area contributed by atoms with E-state index >= 15 is 0 Å². The first-order chi connectivity index (χ1) is 16.1. The average Bonchev–Trinajstić information content (AvgIpc) is 3.26. The predicted octanol–water partition coefficient (Wildman–Crippen LogP) is 5.10. The maximum atomic E-state index is 12.5. The quantitative estimate of drug-likeness (QED) is 0.306. The molecular weight excluding hydrogens is 462 g/mol. The lowest BCUT2D eigenvalue weighted by atomic mass is 9.87. The molecule has 10 heteroatoms. The van der Waals surface area contributed by atoms with Crippen LogP contribution in [0.3, 0.4) is 0 Å². The zero-order valence-electron chi connectivity index (χ0n) is 18.7. The monoisotopic (exact) mass is 483 g/mol. The number of hydrazone groups is 1. The molecule has 1 amide bonds. The smallest absolute Gasteiger partial charge is 0.284 e. The lowest BCUT2D eigenvalue weighted by molar-refractivity contribution is -0.384. The van der Waals surface area contributed by atoms with Crippen molar-refractivity contribution in [2.75, 3.05) is 6.61 Å². The topological polar surface area (TPSA) is 116 Å². The number of nitrogens with one attached hydrogen (secondary N) is 1. The van der Waals surface area contributed by atoms with Crippen LogP contribution >= 0.6 is 11.6 Å². The highest BCUT2D eigenvalue weighted by molar-refractivity contribution is 6.33. The van der Waals surface area contributed by atoms with E-state index in [0.717, 1.165) is 5.56 Å². The number of fused-ring (bicyclic) bond motifs is 1. The first-order valence-electron chi connectivity index (χ1n) is 10.4. The highest BCUT2D eigenvalue weighted by Crippen LogP contribution is 2.36. The number of ether oxygens (including phenoxy) is 2. The Bertz CT molecular complexity index is 1280. The van der Waals surface area contributed by atoms with Gasteiger partial charge < -0.3 is 13.9 Å². The van der Waals surface area contributed by atoms with E-state index in [1.165, 1.54) is 24.4 Å². The lowest BCUT2D eigenvalue weighted by Gasteiger charge is -2.27. The van der Waals surface area contributed by atoms with Gasteiger partial charge in [0.05, 0.1) is 16.2 Å². The Morgan fingerprint density at radius 1 is 1.18 bits per heavy atom. The van der Waals surface area contributed by atoms with Crippen molar-refractivity contribution in [1.29, 1.82) is 0 Å². The van der Waals surface area contributed by atoms with Crippen molar-refractivity contribution < 1.29 is 23.6 Å². The van der Waals surface area contributed by atoms with Gasteiger partial charge in [-0.25, -0.2) is 5.43 Å². The number of halogens is 1. The number of nitro groups is 1. The van der Waals surface area contributed by atoms with Crippen molar-refractivity contribution >= 4 is 29.4 Å². The molecule has 0 aliphatic carbocycles. The van der Waals surface area contributed by atoms with Crippen molar-refractivity contribution in [2.24, 2.45) is 5.10 Å². The van der Waals surface area contributed by atoms with Gasteiger partial charge in [-0.3, -0.25) is 14.9 Å². The van der Waals surface area contributed by atoms with Crippen molar-refractivity contribution in [1.82, 2.24) is 5.43 Å². The zero-order valence-corrected chi connectivity index (χ0v) is 19.5. The van der Waals surface area contributed by atoms with Crippen molar-refractivity contribution in [3.05, 3.63) is 75.0 Å². The Morgan fingerprint density at radius 2 is 1.97 bits per heavy atom. The van der Waals surface area contributed by atoms with Gasteiger partial charge in [-0.2, -0.15) is 5.10 Å². The molecule has 1 aliphatic rings. The molecule has 0 bridgehead atoms. The van der Waals surface area contributed by atoms with Gasteiger partial charge in [0.25, 0.3) is 11.6 Å². The van der Waals surface area contributed by atoms with Gasteiger partial charge in [-0.05, 0) is 41.3 Å². The molecule has 0 saturated heterocycles. The maximum Gasteiger partial charge on any atom is 0.284 e. The Kier molecular flexibility index (Phi) is 6.30. The number of rotatable bonds is 5. The number of carbonyl (C=O) groups is 1. The summed E-state index contributed by atoms with van der Waals surface area (Å²) >= 11 is 6.15. The van der Waals surface area contributed by atoms with Crippen LogP contribution in [0.4, 0.5) is 5.69 Å². The minimum atomic E-state index is -0.865. The molecule has 0 radical (unpaired) electrons. The summed E-state index contributed by atoms with van der Waals surface area (Å²) in [6.07, 6.45) is 0.442. The van der Waals surface area contributed by atoms with Crippen LogP contribution in [-0.4, -0.2) is 29.8 Å². The molecule has 1 N–H and O–H groups in total. The lowest BCUT2D eigenvalue weighted by Crippen LogP contribution is -2.42. The summed E-state index contributed by atoms with van der Waals surface area (Å²) in [5, 5.41) is 15.2. The third kappa shape index (κ3) is 5.04. The van der Waals surface area contributed by atoms with Crippen molar-refractivity contribution in [3.8, 4) is 22.8 Å². The third-order valence-electron chi connectivity index (χ3n) is 5.18. The van der Waals surface area contributed by atoms with Gasteiger partial charge in [0.15, 0.2) is 11.5 Å². The van der Waals surface area contributed by atoms with Crippen LogP contribution in [0, 0.1) is 10.1 Å². The minimum absolute atomic E-state index is 0.0550. The van der Waals surface area contributed by atoms with Gasteiger partial charge in [0, 0.05) is 17.7 Å². The molecule has 1 aromatic heterocycles. The molecule has 0 spiro atoms. The molecule has 0 saturated carbocycles. The summed E-state index contributed by atoms with van der Waals surface area (Å²) in [7, 11) is 0. The van der Waals surface area contributed by atoms with E-state index in [0.29, 0.717) is 33.6 Å². The molecule has 0 unspecified atom stereocenters.